The average Bonchev–Trinajstić information content (AvgIpc) is 2.05. The van der Waals surface area contributed by atoms with E-state index in [2.05, 4.69) is 9.98 Å². The minimum Gasteiger partial charge on any atom is -0.405 e. The summed E-state index contributed by atoms with van der Waals surface area (Å²) in [6.45, 7) is 1.98. The van der Waals surface area contributed by atoms with Crippen molar-refractivity contribution in [1.29, 1.82) is 0 Å². The Labute approximate surface area is 71.7 Å². The zero-order valence-electron chi connectivity index (χ0n) is 6.94. The van der Waals surface area contributed by atoms with E-state index in [-0.39, 0.29) is 0 Å². The molecule has 0 spiro atoms. The molecule has 12 heavy (non-hydrogen) atoms. The first-order valence-corrected chi connectivity index (χ1v) is 3.65. The molecule has 0 radical (unpaired) electrons. The Balaban J connectivity index is 2.76. The first kappa shape index (κ1) is 8.46. The van der Waals surface area contributed by atoms with E-state index in [1.807, 2.05) is 13.0 Å². The van der Waals surface area contributed by atoms with Gasteiger partial charge in [-0.2, -0.15) is 0 Å². The zero-order valence-corrected chi connectivity index (χ0v) is 6.94. The van der Waals surface area contributed by atoms with Gasteiger partial charge in [0, 0.05) is 12.4 Å². The van der Waals surface area contributed by atoms with Crippen molar-refractivity contribution in [2.75, 3.05) is 0 Å². The van der Waals surface area contributed by atoms with Gasteiger partial charge in [-0.05, 0) is 30.8 Å². The fourth-order valence-electron chi connectivity index (χ4n) is 0.788. The topological polar surface area (TPSA) is 51.3 Å². The highest BCUT2D eigenvalue weighted by molar-refractivity contribution is 5.74. The fourth-order valence-corrected chi connectivity index (χ4v) is 0.788. The summed E-state index contributed by atoms with van der Waals surface area (Å²) in [5.74, 6) is 0. The van der Waals surface area contributed by atoms with Crippen molar-refractivity contribution in [3.05, 3.63) is 36.3 Å². The second kappa shape index (κ2) is 4.28. The van der Waals surface area contributed by atoms with Gasteiger partial charge in [0.2, 0.25) is 0 Å². The Morgan fingerprint density at radius 3 is 3.00 bits per heavy atom. The highest BCUT2D eigenvalue weighted by atomic mass is 14.8. The van der Waals surface area contributed by atoms with E-state index in [0.29, 0.717) is 0 Å². The summed E-state index contributed by atoms with van der Waals surface area (Å²) in [5, 5.41) is 0. The van der Waals surface area contributed by atoms with Crippen LogP contribution in [-0.2, 0) is 0 Å². The van der Waals surface area contributed by atoms with Gasteiger partial charge in [0.05, 0.1) is 11.9 Å². The van der Waals surface area contributed by atoms with Gasteiger partial charge < -0.3 is 5.73 Å². The molecule has 0 atom stereocenters. The molecular weight excluding hydrogens is 150 g/mol. The molecule has 0 unspecified atom stereocenters. The van der Waals surface area contributed by atoms with Crippen molar-refractivity contribution in [2.45, 2.75) is 6.92 Å². The van der Waals surface area contributed by atoms with Crippen molar-refractivity contribution in [3.8, 4) is 0 Å². The molecule has 1 rings (SSSR count). The van der Waals surface area contributed by atoms with E-state index in [9.17, 15) is 0 Å². The van der Waals surface area contributed by atoms with Gasteiger partial charge in [-0.3, -0.25) is 9.98 Å². The maximum Gasteiger partial charge on any atom is 0.0815 e. The van der Waals surface area contributed by atoms with E-state index < -0.39 is 0 Å². The summed E-state index contributed by atoms with van der Waals surface area (Å²) in [7, 11) is 0. The molecule has 0 fully saturated rings. The summed E-state index contributed by atoms with van der Waals surface area (Å²) in [6.07, 6.45) is 8.23. The van der Waals surface area contributed by atoms with Crippen molar-refractivity contribution in [2.24, 2.45) is 10.7 Å². The van der Waals surface area contributed by atoms with Gasteiger partial charge in [0.25, 0.3) is 0 Å². The zero-order chi connectivity index (χ0) is 8.81. The molecule has 1 aromatic heterocycles. The average molecular weight is 161 g/mol. The number of nitrogens with two attached hydrogens (primary N) is 1. The first-order valence-electron chi connectivity index (χ1n) is 3.65. The number of rotatable bonds is 2. The Hall–Kier alpha value is -1.64. The molecule has 0 aliphatic rings. The van der Waals surface area contributed by atoms with E-state index in [1.54, 1.807) is 24.7 Å². The SMILES string of the molecule is Cc1cncc(N=C/C=C\N)c1. The first-order chi connectivity index (χ1) is 5.83. The Bertz CT molecular complexity index is 302. The summed E-state index contributed by atoms with van der Waals surface area (Å²) in [6, 6.07) is 1.95. The lowest BCUT2D eigenvalue weighted by Gasteiger charge is -1.92. The molecule has 1 aromatic rings. The molecule has 0 aliphatic carbocycles. The third kappa shape index (κ3) is 2.54. The van der Waals surface area contributed by atoms with Gasteiger partial charge in [-0.25, -0.2) is 0 Å². The second-order valence-electron chi connectivity index (χ2n) is 2.38. The standard InChI is InChI=1S/C9H11N3/c1-8-5-9(7-11-6-8)12-4-2-3-10/h2-7H,10H2,1H3/b3-2-,12-4?. The molecule has 3 nitrogen and oxygen atoms in total. The van der Waals surface area contributed by atoms with Crippen molar-refractivity contribution >= 4 is 11.9 Å². The summed E-state index contributed by atoms with van der Waals surface area (Å²) < 4.78 is 0. The molecule has 1 heterocycles. The van der Waals surface area contributed by atoms with Crippen LogP contribution in [0.1, 0.15) is 5.56 Å². The Morgan fingerprint density at radius 2 is 2.33 bits per heavy atom. The van der Waals surface area contributed by atoms with Gasteiger partial charge in [-0.15, -0.1) is 0 Å². The highest BCUT2D eigenvalue weighted by Gasteiger charge is 1.87. The predicted molar refractivity (Wildman–Crippen MR) is 50.5 cm³/mol. The minimum absolute atomic E-state index is 0.841. The third-order valence-electron chi connectivity index (χ3n) is 1.28. The van der Waals surface area contributed by atoms with Crippen molar-refractivity contribution < 1.29 is 0 Å². The predicted octanol–water partition coefficient (Wildman–Crippen LogP) is 1.56. The number of allylic oxidation sites excluding steroid dienone is 1. The molecular formula is C9H11N3. The van der Waals surface area contributed by atoms with Crippen molar-refractivity contribution in [1.82, 2.24) is 4.98 Å². The van der Waals surface area contributed by atoms with Crippen LogP contribution in [0.2, 0.25) is 0 Å². The quantitative estimate of drug-likeness (QED) is 0.669. The molecule has 0 saturated heterocycles. The summed E-state index contributed by atoms with van der Waals surface area (Å²) in [4.78, 5) is 8.10. The highest BCUT2D eigenvalue weighted by Crippen LogP contribution is 2.09. The van der Waals surface area contributed by atoms with Crippen molar-refractivity contribution in [3.63, 3.8) is 0 Å². The number of pyridine rings is 1. The lowest BCUT2D eigenvalue weighted by molar-refractivity contribution is 1.25. The van der Waals surface area contributed by atoms with Crippen LogP contribution in [0.5, 0.6) is 0 Å². The number of aromatic nitrogens is 1. The molecule has 0 amide bonds. The smallest absolute Gasteiger partial charge is 0.0815 e. The number of hydrogen-bond donors (Lipinski definition) is 1. The maximum absolute atomic E-state index is 5.14. The minimum atomic E-state index is 0.841. The maximum atomic E-state index is 5.14. The van der Waals surface area contributed by atoms with Crippen LogP contribution >= 0.6 is 0 Å². The number of aliphatic imine (C=N–C) groups is 1. The fraction of sp³-hybridized carbons (Fsp3) is 0.111. The van der Waals surface area contributed by atoms with Gasteiger partial charge in [0.15, 0.2) is 0 Å². The van der Waals surface area contributed by atoms with Crippen LogP contribution in [0.3, 0.4) is 0 Å². The largest absolute Gasteiger partial charge is 0.405 e. The molecule has 0 bridgehead atoms. The monoisotopic (exact) mass is 161 g/mol. The molecule has 0 aliphatic heterocycles. The summed E-state index contributed by atoms with van der Waals surface area (Å²) >= 11 is 0. The van der Waals surface area contributed by atoms with Crippen LogP contribution in [0.15, 0.2) is 35.7 Å². The molecule has 3 heteroatoms. The van der Waals surface area contributed by atoms with E-state index in [0.717, 1.165) is 11.3 Å². The Morgan fingerprint density at radius 1 is 1.50 bits per heavy atom. The summed E-state index contributed by atoms with van der Waals surface area (Å²) in [5.41, 5.74) is 7.07. The lowest BCUT2D eigenvalue weighted by atomic mass is 10.3. The molecule has 2 N–H and O–H groups in total. The van der Waals surface area contributed by atoms with E-state index in [1.165, 1.54) is 6.20 Å². The number of hydrogen-bond acceptors (Lipinski definition) is 3. The normalized spacial score (nSPS) is 11.4. The van der Waals surface area contributed by atoms with Crippen LogP contribution in [0.4, 0.5) is 5.69 Å². The number of nitrogens with zero attached hydrogens (tertiary/aromatic N) is 2. The number of aryl methyl sites for hydroxylation is 1. The second-order valence-corrected chi connectivity index (χ2v) is 2.38. The van der Waals surface area contributed by atoms with Gasteiger partial charge in [0.1, 0.15) is 0 Å². The van der Waals surface area contributed by atoms with Gasteiger partial charge in [-0.1, -0.05) is 0 Å². The lowest BCUT2D eigenvalue weighted by Crippen LogP contribution is -1.77. The van der Waals surface area contributed by atoms with E-state index >= 15 is 0 Å². The Kier molecular flexibility index (Phi) is 3.02. The van der Waals surface area contributed by atoms with E-state index in [4.69, 9.17) is 5.73 Å². The van der Waals surface area contributed by atoms with Crippen LogP contribution in [0, 0.1) is 6.92 Å². The van der Waals surface area contributed by atoms with Crippen LogP contribution < -0.4 is 5.73 Å². The molecule has 62 valence electrons. The molecule has 0 saturated carbocycles. The van der Waals surface area contributed by atoms with Gasteiger partial charge >= 0.3 is 0 Å². The molecule has 0 aromatic carbocycles. The van der Waals surface area contributed by atoms with Crippen LogP contribution in [0.25, 0.3) is 0 Å². The van der Waals surface area contributed by atoms with Crippen LogP contribution in [-0.4, -0.2) is 11.2 Å². The third-order valence-corrected chi connectivity index (χ3v) is 1.28.